The first-order valence-corrected chi connectivity index (χ1v) is 7.79. The first-order valence-electron chi connectivity index (χ1n) is 6.91. The quantitative estimate of drug-likeness (QED) is 0.683. The molecule has 0 fully saturated rings. The molecule has 2 aromatic heterocycles. The van der Waals surface area contributed by atoms with Gasteiger partial charge in [-0.15, -0.1) is 11.3 Å². The van der Waals surface area contributed by atoms with Crippen LogP contribution in [0.5, 0.6) is 5.75 Å². The highest BCUT2D eigenvalue weighted by atomic mass is 32.1. The molecule has 6 nitrogen and oxygen atoms in total. The Morgan fingerprint density at radius 2 is 2.17 bits per heavy atom. The van der Waals surface area contributed by atoms with E-state index in [9.17, 15) is 0 Å². The van der Waals surface area contributed by atoms with Crippen molar-refractivity contribution in [2.75, 3.05) is 0 Å². The van der Waals surface area contributed by atoms with Crippen molar-refractivity contribution in [1.82, 2.24) is 4.98 Å². The third-order valence-electron chi connectivity index (χ3n) is 3.37. The minimum Gasteiger partial charge on any atom is -0.483 e. The molecule has 0 aliphatic carbocycles. The van der Waals surface area contributed by atoms with Gasteiger partial charge in [-0.3, -0.25) is 14.8 Å². The van der Waals surface area contributed by atoms with E-state index < -0.39 is 0 Å². The van der Waals surface area contributed by atoms with Crippen LogP contribution in [0.2, 0.25) is 0 Å². The smallest absolute Gasteiger partial charge is 0.290 e. The molecule has 0 saturated heterocycles. The van der Waals surface area contributed by atoms with E-state index in [1.54, 1.807) is 41.9 Å². The maximum atomic E-state index is 8.99. The van der Waals surface area contributed by atoms with E-state index in [1.807, 2.05) is 17.5 Å². The van der Waals surface area contributed by atoms with Gasteiger partial charge in [0.2, 0.25) is 0 Å². The molecule has 0 amide bonds. The van der Waals surface area contributed by atoms with Crippen molar-refractivity contribution in [2.24, 2.45) is 4.99 Å². The van der Waals surface area contributed by atoms with Gasteiger partial charge in [0.1, 0.15) is 11.4 Å². The minimum absolute atomic E-state index is 0.250. The van der Waals surface area contributed by atoms with Crippen molar-refractivity contribution in [1.29, 1.82) is 5.26 Å². The summed E-state index contributed by atoms with van der Waals surface area (Å²) in [5.74, 6) is 0.642. The molecule has 0 saturated carbocycles. The molecule has 118 valence electrons. The maximum absolute atomic E-state index is 8.99. The largest absolute Gasteiger partial charge is 0.483 e. The van der Waals surface area contributed by atoms with Crippen molar-refractivity contribution in [2.45, 2.75) is 6.10 Å². The van der Waals surface area contributed by atoms with Crippen LogP contribution in [0, 0.1) is 11.3 Å². The SMILES string of the molecule is N#Cc1ccc2c(c1)OC(c1ccnc3ccsc13)C=N2.O=CO. The fourth-order valence-corrected chi connectivity index (χ4v) is 3.26. The van der Waals surface area contributed by atoms with Crippen LogP contribution in [0.15, 0.2) is 46.9 Å². The molecule has 0 radical (unpaired) electrons. The van der Waals surface area contributed by atoms with Crippen LogP contribution < -0.4 is 4.74 Å². The monoisotopic (exact) mass is 337 g/mol. The average molecular weight is 337 g/mol. The molecule has 3 aromatic rings. The Balaban J connectivity index is 0.000000526. The summed E-state index contributed by atoms with van der Waals surface area (Å²) in [5, 5.41) is 17.9. The number of pyridine rings is 1. The van der Waals surface area contributed by atoms with Crippen molar-refractivity contribution < 1.29 is 14.6 Å². The van der Waals surface area contributed by atoms with E-state index in [0.29, 0.717) is 11.3 Å². The van der Waals surface area contributed by atoms with Gasteiger partial charge in [-0.25, -0.2) is 0 Å². The highest BCUT2D eigenvalue weighted by Gasteiger charge is 2.20. The van der Waals surface area contributed by atoms with Crippen LogP contribution in [0.4, 0.5) is 5.69 Å². The van der Waals surface area contributed by atoms with Crippen LogP contribution in [-0.2, 0) is 4.79 Å². The lowest BCUT2D eigenvalue weighted by molar-refractivity contribution is -0.122. The molecule has 1 aromatic carbocycles. The average Bonchev–Trinajstić information content (AvgIpc) is 3.10. The van der Waals surface area contributed by atoms with Crippen LogP contribution in [0.1, 0.15) is 17.2 Å². The van der Waals surface area contributed by atoms with Crippen molar-refractivity contribution in [3.63, 3.8) is 0 Å². The Kier molecular flexibility index (Phi) is 4.50. The summed E-state index contributed by atoms with van der Waals surface area (Å²) in [7, 11) is 0. The van der Waals surface area contributed by atoms with Crippen LogP contribution in [0.3, 0.4) is 0 Å². The van der Waals surface area contributed by atoms with Gasteiger partial charge in [0, 0.05) is 17.8 Å². The number of aromatic nitrogens is 1. The van der Waals surface area contributed by atoms with Gasteiger partial charge in [-0.05, 0) is 29.6 Å². The van der Waals surface area contributed by atoms with Gasteiger partial charge in [-0.1, -0.05) is 0 Å². The number of nitrogens with zero attached hydrogens (tertiary/aromatic N) is 3. The van der Waals surface area contributed by atoms with Crippen molar-refractivity contribution >= 4 is 39.9 Å². The number of fused-ring (bicyclic) bond motifs is 2. The Bertz CT molecular complexity index is 959. The fraction of sp³-hybridized carbons (Fsp3) is 0.0588. The van der Waals surface area contributed by atoms with Crippen molar-refractivity contribution in [3.05, 3.63) is 53.0 Å². The molecular weight excluding hydrogens is 326 g/mol. The number of carbonyl (C=O) groups is 1. The number of carboxylic acid groups (broad SMARTS) is 1. The van der Waals surface area contributed by atoms with Gasteiger partial charge in [-0.2, -0.15) is 5.26 Å². The third kappa shape index (κ3) is 2.95. The molecule has 0 spiro atoms. The second kappa shape index (κ2) is 6.89. The first-order chi connectivity index (χ1) is 11.8. The number of aliphatic imine (C=N–C) groups is 1. The molecule has 0 bridgehead atoms. The highest BCUT2D eigenvalue weighted by Crippen LogP contribution is 2.37. The lowest BCUT2D eigenvalue weighted by Gasteiger charge is -2.21. The van der Waals surface area contributed by atoms with Gasteiger partial charge in [0.25, 0.3) is 6.47 Å². The van der Waals surface area contributed by atoms with Gasteiger partial charge >= 0.3 is 0 Å². The summed E-state index contributed by atoms with van der Waals surface area (Å²) in [5.41, 5.74) is 3.33. The molecule has 1 atom stereocenters. The predicted molar refractivity (Wildman–Crippen MR) is 91.0 cm³/mol. The van der Waals surface area contributed by atoms with E-state index in [4.69, 9.17) is 19.9 Å². The fourth-order valence-electron chi connectivity index (χ4n) is 2.36. The number of hydrogen-bond acceptors (Lipinski definition) is 6. The van der Waals surface area contributed by atoms with E-state index in [0.717, 1.165) is 21.5 Å². The van der Waals surface area contributed by atoms with E-state index in [1.165, 1.54) is 0 Å². The molecular formula is C17H11N3O3S. The molecule has 4 rings (SSSR count). The van der Waals surface area contributed by atoms with Gasteiger partial charge in [0.15, 0.2) is 6.10 Å². The van der Waals surface area contributed by atoms with E-state index >= 15 is 0 Å². The summed E-state index contributed by atoms with van der Waals surface area (Å²) < 4.78 is 7.12. The molecule has 3 heterocycles. The Hall–Kier alpha value is -3.24. The number of rotatable bonds is 1. The van der Waals surface area contributed by atoms with Gasteiger partial charge < -0.3 is 9.84 Å². The molecule has 1 aliphatic heterocycles. The summed E-state index contributed by atoms with van der Waals surface area (Å²) in [6.07, 6.45) is 3.32. The zero-order valence-corrected chi connectivity index (χ0v) is 13.1. The lowest BCUT2D eigenvalue weighted by Crippen LogP contribution is -2.12. The molecule has 1 N–H and O–H groups in total. The van der Waals surface area contributed by atoms with Gasteiger partial charge in [0.05, 0.1) is 28.1 Å². The van der Waals surface area contributed by atoms with Crippen LogP contribution in [0.25, 0.3) is 10.2 Å². The molecule has 1 aliphatic rings. The Morgan fingerprint density at radius 3 is 2.96 bits per heavy atom. The Labute approximate surface area is 141 Å². The number of ether oxygens (including phenoxy) is 1. The number of thiophene rings is 1. The van der Waals surface area contributed by atoms with E-state index in [-0.39, 0.29) is 12.6 Å². The zero-order chi connectivity index (χ0) is 16.9. The minimum atomic E-state index is -0.254. The molecule has 24 heavy (non-hydrogen) atoms. The summed E-state index contributed by atoms with van der Waals surface area (Å²) in [4.78, 5) is 17.1. The topological polar surface area (TPSA) is 95.6 Å². The number of hydrogen-bond donors (Lipinski definition) is 1. The summed E-state index contributed by atoms with van der Waals surface area (Å²) in [6, 6.07) is 11.3. The van der Waals surface area contributed by atoms with Crippen LogP contribution in [-0.4, -0.2) is 22.8 Å². The third-order valence-corrected chi connectivity index (χ3v) is 4.33. The standard InChI is InChI=1S/C16H9N3OS.CH2O2/c17-8-10-1-2-12-14(7-10)20-15(9-19-12)11-3-5-18-13-4-6-21-16(11)13;2-1-3/h1-7,9,15H;1H,(H,2,3). The lowest BCUT2D eigenvalue weighted by atomic mass is 10.1. The second-order valence-electron chi connectivity index (χ2n) is 4.75. The summed E-state index contributed by atoms with van der Waals surface area (Å²) in [6.45, 7) is -0.250. The summed E-state index contributed by atoms with van der Waals surface area (Å²) >= 11 is 1.64. The second-order valence-corrected chi connectivity index (χ2v) is 5.67. The van der Waals surface area contributed by atoms with Crippen molar-refractivity contribution in [3.8, 4) is 11.8 Å². The highest BCUT2D eigenvalue weighted by molar-refractivity contribution is 7.17. The Morgan fingerprint density at radius 1 is 1.33 bits per heavy atom. The zero-order valence-electron chi connectivity index (χ0n) is 12.3. The number of benzene rings is 1. The molecule has 7 heteroatoms. The first kappa shape index (κ1) is 15.6. The normalized spacial score (nSPS) is 14.7. The van der Waals surface area contributed by atoms with Crippen LogP contribution >= 0.6 is 11.3 Å². The molecule has 1 unspecified atom stereocenters. The maximum Gasteiger partial charge on any atom is 0.290 e. The van der Waals surface area contributed by atoms with E-state index in [2.05, 4.69) is 16.0 Å². The predicted octanol–water partition coefficient (Wildman–Crippen LogP) is 3.70. The number of nitriles is 1.